The summed E-state index contributed by atoms with van der Waals surface area (Å²) in [4.78, 5) is 30.2. The molecule has 0 bridgehead atoms. The van der Waals surface area contributed by atoms with Crippen molar-refractivity contribution in [2.45, 2.75) is 56.5 Å². The standard InChI is InChI=1S/C30H35FN4O2/c31-26-7-3-1-5-21(26)11-14-28(36)35-17-15-22(16-18-35)29(30(32)37)34-23-12-9-20(10-13-23)25-19-33-27-8-4-2-6-24(25)27/h1-8,11,14,19-20,22-23,29,33-34H,9-10,12-13,15-18H2,(H2,32,37). The topological polar surface area (TPSA) is 91.2 Å². The molecule has 1 aliphatic heterocycles. The molecule has 6 nitrogen and oxygen atoms in total. The third-order valence-corrected chi connectivity index (χ3v) is 8.14. The highest BCUT2D eigenvalue weighted by Gasteiger charge is 2.34. The van der Waals surface area contributed by atoms with Crippen molar-refractivity contribution < 1.29 is 14.0 Å². The number of rotatable bonds is 7. The van der Waals surface area contributed by atoms with Crippen molar-refractivity contribution in [2.24, 2.45) is 11.7 Å². The zero-order valence-corrected chi connectivity index (χ0v) is 21.0. The summed E-state index contributed by atoms with van der Waals surface area (Å²) in [6.45, 7) is 1.12. The average Bonchev–Trinajstić information content (AvgIpc) is 3.36. The van der Waals surface area contributed by atoms with Gasteiger partial charge in [0, 0.05) is 47.9 Å². The van der Waals surface area contributed by atoms with E-state index in [2.05, 4.69) is 40.8 Å². The predicted octanol–water partition coefficient (Wildman–Crippen LogP) is 4.73. The molecule has 194 valence electrons. The van der Waals surface area contributed by atoms with Crippen molar-refractivity contribution in [3.63, 3.8) is 0 Å². The first-order chi connectivity index (χ1) is 18.0. The fourth-order valence-corrected chi connectivity index (χ4v) is 6.04. The number of primary amides is 1. The molecule has 37 heavy (non-hydrogen) atoms. The predicted molar refractivity (Wildman–Crippen MR) is 144 cm³/mol. The zero-order chi connectivity index (χ0) is 25.8. The molecule has 0 radical (unpaired) electrons. The van der Waals surface area contributed by atoms with E-state index in [9.17, 15) is 14.0 Å². The fourth-order valence-electron chi connectivity index (χ4n) is 6.04. The third-order valence-electron chi connectivity index (χ3n) is 8.14. The number of hydrogen-bond acceptors (Lipinski definition) is 3. The fraction of sp³-hybridized carbons (Fsp3) is 0.400. The highest BCUT2D eigenvalue weighted by Crippen LogP contribution is 2.37. The molecule has 1 aliphatic carbocycles. The molecule has 2 fully saturated rings. The first-order valence-corrected chi connectivity index (χ1v) is 13.3. The van der Waals surface area contributed by atoms with Crippen LogP contribution in [0.4, 0.5) is 4.39 Å². The van der Waals surface area contributed by atoms with Gasteiger partial charge in [-0.25, -0.2) is 4.39 Å². The van der Waals surface area contributed by atoms with Gasteiger partial charge in [-0.05, 0) is 74.1 Å². The van der Waals surface area contributed by atoms with Crippen molar-refractivity contribution >= 4 is 28.8 Å². The Morgan fingerprint density at radius 3 is 2.43 bits per heavy atom. The number of nitrogens with two attached hydrogens (primary N) is 1. The van der Waals surface area contributed by atoms with Crippen LogP contribution < -0.4 is 11.1 Å². The summed E-state index contributed by atoms with van der Waals surface area (Å²) in [5.41, 5.74) is 8.80. The highest BCUT2D eigenvalue weighted by molar-refractivity contribution is 5.92. The molecular weight excluding hydrogens is 467 g/mol. The van der Waals surface area contributed by atoms with Crippen LogP contribution in [0.3, 0.4) is 0 Å². The van der Waals surface area contributed by atoms with E-state index in [1.165, 1.54) is 34.7 Å². The Morgan fingerprint density at radius 1 is 1.00 bits per heavy atom. The summed E-state index contributed by atoms with van der Waals surface area (Å²) < 4.78 is 13.8. The first-order valence-electron chi connectivity index (χ1n) is 13.3. The number of nitrogens with one attached hydrogen (secondary N) is 2. The van der Waals surface area contributed by atoms with E-state index in [0.717, 1.165) is 25.7 Å². The summed E-state index contributed by atoms with van der Waals surface area (Å²) in [6, 6.07) is 14.7. The van der Waals surface area contributed by atoms with E-state index in [1.807, 2.05) is 0 Å². The van der Waals surface area contributed by atoms with Gasteiger partial charge < -0.3 is 20.9 Å². The lowest BCUT2D eigenvalue weighted by Crippen LogP contribution is -2.54. The SMILES string of the molecule is NC(=O)C(NC1CCC(c2c[nH]c3ccccc23)CC1)C1CCN(C(=O)C=Cc2ccccc2F)CC1. The maximum absolute atomic E-state index is 13.8. The van der Waals surface area contributed by atoms with Crippen LogP contribution in [0, 0.1) is 11.7 Å². The van der Waals surface area contributed by atoms with Crippen LogP contribution in [-0.4, -0.2) is 46.9 Å². The first kappa shape index (κ1) is 25.2. The molecule has 7 heteroatoms. The minimum Gasteiger partial charge on any atom is -0.368 e. The number of halogens is 1. The second kappa shape index (κ2) is 11.3. The molecule has 1 saturated carbocycles. The van der Waals surface area contributed by atoms with Gasteiger partial charge in [-0.3, -0.25) is 9.59 Å². The molecule has 1 atom stereocenters. The summed E-state index contributed by atoms with van der Waals surface area (Å²) >= 11 is 0. The number of fused-ring (bicyclic) bond motifs is 1. The molecule has 2 aliphatic rings. The molecule has 1 aromatic heterocycles. The normalized spacial score (nSPS) is 21.9. The van der Waals surface area contributed by atoms with Gasteiger partial charge in [0.05, 0.1) is 6.04 Å². The smallest absolute Gasteiger partial charge is 0.246 e. The third kappa shape index (κ3) is 5.77. The molecule has 2 heterocycles. The Kier molecular flexibility index (Phi) is 7.70. The van der Waals surface area contributed by atoms with Crippen molar-refractivity contribution in [3.05, 3.63) is 77.7 Å². The number of carbonyl (C=O) groups is 2. The van der Waals surface area contributed by atoms with E-state index in [1.54, 1.807) is 23.1 Å². The minimum atomic E-state index is -0.388. The molecule has 2 amide bonds. The van der Waals surface area contributed by atoms with Crippen molar-refractivity contribution in [1.82, 2.24) is 15.2 Å². The lowest BCUT2D eigenvalue weighted by Gasteiger charge is -2.38. The van der Waals surface area contributed by atoms with E-state index in [4.69, 9.17) is 5.73 Å². The Labute approximate surface area is 217 Å². The van der Waals surface area contributed by atoms with Gasteiger partial charge in [0.15, 0.2) is 0 Å². The number of amides is 2. The Bertz CT molecular complexity index is 1270. The molecular formula is C30H35FN4O2. The number of aromatic amines is 1. The van der Waals surface area contributed by atoms with Gasteiger partial charge in [0.2, 0.25) is 11.8 Å². The van der Waals surface area contributed by atoms with Crippen LogP contribution in [0.1, 0.15) is 55.6 Å². The van der Waals surface area contributed by atoms with Crippen LogP contribution in [0.2, 0.25) is 0 Å². The number of para-hydroxylation sites is 1. The quantitative estimate of drug-likeness (QED) is 0.408. The molecule has 3 aromatic rings. The Morgan fingerprint density at radius 2 is 1.70 bits per heavy atom. The zero-order valence-electron chi connectivity index (χ0n) is 21.0. The highest BCUT2D eigenvalue weighted by atomic mass is 19.1. The number of nitrogens with zero attached hydrogens (tertiary/aromatic N) is 1. The lowest BCUT2D eigenvalue weighted by molar-refractivity contribution is -0.128. The molecule has 1 saturated heterocycles. The van der Waals surface area contributed by atoms with Crippen LogP contribution in [-0.2, 0) is 9.59 Å². The summed E-state index contributed by atoms with van der Waals surface area (Å²) in [5.74, 6) is -0.184. The van der Waals surface area contributed by atoms with Crippen LogP contribution in [0.5, 0.6) is 0 Å². The van der Waals surface area contributed by atoms with Crippen LogP contribution in [0.25, 0.3) is 17.0 Å². The number of benzene rings is 2. The summed E-state index contributed by atoms with van der Waals surface area (Å²) in [6.07, 6.45) is 10.7. The van der Waals surface area contributed by atoms with Crippen LogP contribution in [0.15, 0.2) is 60.8 Å². The molecule has 5 rings (SSSR count). The number of H-pyrrole nitrogens is 1. The average molecular weight is 503 g/mol. The van der Waals surface area contributed by atoms with Gasteiger partial charge >= 0.3 is 0 Å². The maximum atomic E-state index is 13.8. The number of carbonyl (C=O) groups excluding carboxylic acids is 2. The molecule has 2 aromatic carbocycles. The molecule has 4 N–H and O–H groups in total. The monoisotopic (exact) mass is 502 g/mol. The van der Waals surface area contributed by atoms with Crippen molar-refractivity contribution in [3.8, 4) is 0 Å². The largest absolute Gasteiger partial charge is 0.368 e. The second-order valence-electron chi connectivity index (χ2n) is 10.4. The van der Waals surface area contributed by atoms with Gasteiger partial charge in [-0.2, -0.15) is 0 Å². The number of piperidine rings is 1. The van der Waals surface area contributed by atoms with Gasteiger partial charge in [-0.1, -0.05) is 36.4 Å². The van der Waals surface area contributed by atoms with E-state index in [0.29, 0.717) is 37.4 Å². The van der Waals surface area contributed by atoms with Crippen molar-refractivity contribution in [2.75, 3.05) is 13.1 Å². The summed E-state index contributed by atoms with van der Waals surface area (Å²) in [7, 11) is 0. The van der Waals surface area contributed by atoms with Gasteiger partial charge in [0.1, 0.15) is 5.82 Å². The lowest BCUT2D eigenvalue weighted by atomic mass is 9.80. The van der Waals surface area contributed by atoms with Gasteiger partial charge in [-0.15, -0.1) is 0 Å². The van der Waals surface area contributed by atoms with Crippen LogP contribution >= 0.6 is 0 Å². The summed E-state index contributed by atoms with van der Waals surface area (Å²) in [5, 5.41) is 4.89. The van der Waals surface area contributed by atoms with Gasteiger partial charge in [0.25, 0.3) is 0 Å². The van der Waals surface area contributed by atoms with E-state index < -0.39 is 0 Å². The second-order valence-corrected chi connectivity index (χ2v) is 10.4. The number of hydrogen-bond donors (Lipinski definition) is 3. The van der Waals surface area contributed by atoms with E-state index >= 15 is 0 Å². The maximum Gasteiger partial charge on any atom is 0.246 e. The van der Waals surface area contributed by atoms with E-state index in [-0.39, 0.29) is 35.6 Å². The minimum absolute atomic E-state index is 0.100. The number of aromatic nitrogens is 1. The number of likely N-dealkylation sites (tertiary alicyclic amines) is 1. The Hall–Kier alpha value is -3.45. The molecule has 1 unspecified atom stereocenters. The van der Waals surface area contributed by atoms with Crippen molar-refractivity contribution in [1.29, 1.82) is 0 Å². The molecule has 0 spiro atoms. The Balaban J connectivity index is 1.13.